The SMILES string of the molecule is O=C1CCC(N2Cc3cc(CCCOCCOCCOCCO)ccc3C2=O)C(=O)N1. The molecule has 9 heteroatoms. The number of aliphatic hydroxyl groups excluding tert-OH is 1. The Morgan fingerprint density at radius 1 is 1.00 bits per heavy atom. The van der Waals surface area contributed by atoms with Gasteiger partial charge in [-0.25, -0.2) is 0 Å². The van der Waals surface area contributed by atoms with Gasteiger partial charge in [-0.3, -0.25) is 19.7 Å². The number of piperidine rings is 1. The molecular formula is C22H30N2O7. The van der Waals surface area contributed by atoms with Crippen LogP contribution in [-0.4, -0.2) is 80.0 Å². The Bertz CT molecular complexity index is 783. The first-order valence-electron chi connectivity index (χ1n) is 10.7. The molecule has 3 rings (SSSR count). The zero-order valence-corrected chi connectivity index (χ0v) is 17.6. The van der Waals surface area contributed by atoms with Gasteiger partial charge in [-0.1, -0.05) is 12.1 Å². The highest BCUT2D eigenvalue weighted by molar-refractivity contribution is 6.05. The number of imide groups is 1. The molecule has 0 spiro atoms. The van der Waals surface area contributed by atoms with E-state index in [4.69, 9.17) is 19.3 Å². The fourth-order valence-electron chi connectivity index (χ4n) is 3.77. The van der Waals surface area contributed by atoms with Gasteiger partial charge in [-0.2, -0.15) is 0 Å². The maximum Gasteiger partial charge on any atom is 0.255 e. The minimum absolute atomic E-state index is 0.0156. The number of aryl methyl sites for hydroxylation is 1. The van der Waals surface area contributed by atoms with Gasteiger partial charge >= 0.3 is 0 Å². The second kappa shape index (κ2) is 11.9. The Morgan fingerprint density at radius 3 is 2.42 bits per heavy atom. The normalized spacial score (nSPS) is 18.4. The number of hydrogen-bond donors (Lipinski definition) is 2. The van der Waals surface area contributed by atoms with E-state index in [-0.39, 0.29) is 24.8 Å². The first-order chi connectivity index (χ1) is 15.1. The van der Waals surface area contributed by atoms with Gasteiger partial charge in [0.1, 0.15) is 6.04 Å². The van der Waals surface area contributed by atoms with Crippen LogP contribution in [0, 0.1) is 0 Å². The first-order valence-corrected chi connectivity index (χ1v) is 10.7. The number of carbonyl (C=O) groups excluding carboxylic acids is 3. The minimum atomic E-state index is -0.585. The highest BCUT2D eigenvalue weighted by atomic mass is 16.5. The van der Waals surface area contributed by atoms with E-state index in [9.17, 15) is 14.4 Å². The summed E-state index contributed by atoms with van der Waals surface area (Å²) in [5, 5.41) is 10.9. The van der Waals surface area contributed by atoms with Crippen LogP contribution in [0.2, 0.25) is 0 Å². The van der Waals surface area contributed by atoms with Gasteiger partial charge < -0.3 is 24.2 Å². The largest absolute Gasteiger partial charge is 0.394 e. The van der Waals surface area contributed by atoms with Gasteiger partial charge in [0.2, 0.25) is 11.8 Å². The van der Waals surface area contributed by atoms with E-state index < -0.39 is 11.9 Å². The molecule has 2 aliphatic rings. The zero-order chi connectivity index (χ0) is 22.1. The van der Waals surface area contributed by atoms with Gasteiger partial charge in [0.15, 0.2) is 0 Å². The molecule has 0 aromatic heterocycles. The van der Waals surface area contributed by atoms with Gasteiger partial charge in [0.05, 0.1) is 39.6 Å². The summed E-state index contributed by atoms with van der Waals surface area (Å²) in [5.74, 6) is -0.828. The predicted octanol–water partition coefficient (Wildman–Crippen LogP) is 0.422. The van der Waals surface area contributed by atoms with Gasteiger partial charge in [-0.15, -0.1) is 0 Å². The van der Waals surface area contributed by atoms with E-state index in [0.29, 0.717) is 58.2 Å². The van der Waals surface area contributed by atoms with Crippen LogP contribution in [0.15, 0.2) is 18.2 Å². The van der Waals surface area contributed by atoms with Crippen LogP contribution >= 0.6 is 0 Å². The molecule has 1 aromatic rings. The number of aliphatic hydroxyl groups is 1. The molecule has 0 aliphatic carbocycles. The Morgan fingerprint density at radius 2 is 1.71 bits per heavy atom. The van der Waals surface area contributed by atoms with Crippen molar-refractivity contribution in [1.82, 2.24) is 10.2 Å². The Hall–Kier alpha value is -2.33. The van der Waals surface area contributed by atoms with E-state index in [2.05, 4.69) is 5.32 Å². The molecule has 2 aliphatic heterocycles. The lowest BCUT2D eigenvalue weighted by molar-refractivity contribution is -0.136. The lowest BCUT2D eigenvalue weighted by Crippen LogP contribution is -2.52. The summed E-state index contributed by atoms with van der Waals surface area (Å²) >= 11 is 0. The van der Waals surface area contributed by atoms with Crippen LogP contribution < -0.4 is 5.32 Å². The molecule has 1 aromatic carbocycles. The first kappa shape index (κ1) is 23.3. The molecule has 1 saturated heterocycles. The third-order valence-corrected chi connectivity index (χ3v) is 5.32. The van der Waals surface area contributed by atoms with Crippen molar-refractivity contribution in [2.45, 2.75) is 38.3 Å². The highest BCUT2D eigenvalue weighted by Crippen LogP contribution is 2.28. The molecular weight excluding hydrogens is 404 g/mol. The smallest absolute Gasteiger partial charge is 0.255 e. The molecule has 0 bridgehead atoms. The topological polar surface area (TPSA) is 114 Å². The van der Waals surface area contributed by atoms with Crippen molar-refractivity contribution in [1.29, 1.82) is 0 Å². The lowest BCUT2D eigenvalue weighted by Gasteiger charge is -2.29. The number of carbonyl (C=O) groups is 3. The summed E-state index contributed by atoms with van der Waals surface area (Å²) in [6.45, 7) is 3.30. The lowest BCUT2D eigenvalue weighted by atomic mass is 10.0. The summed E-state index contributed by atoms with van der Waals surface area (Å²) in [6.07, 6.45) is 2.30. The Balaban J connectivity index is 1.36. The quantitative estimate of drug-likeness (QED) is 0.342. The van der Waals surface area contributed by atoms with Gasteiger partial charge in [0, 0.05) is 25.1 Å². The van der Waals surface area contributed by atoms with Crippen molar-refractivity contribution >= 4 is 17.7 Å². The highest BCUT2D eigenvalue weighted by Gasteiger charge is 2.38. The fourth-order valence-corrected chi connectivity index (χ4v) is 3.77. The van der Waals surface area contributed by atoms with Crippen molar-refractivity contribution in [3.05, 3.63) is 34.9 Å². The van der Waals surface area contributed by atoms with Crippen molar-refractivity contribution in [2.75, 3.05) is 46.2 Å². The Kier molecular flexibility index (Phi) is 8.96. The molecule has 2 N–H and O–H groups in total. The summed E-state index contributed by atoms with van der Waals surface area (Å²) in [5.41, 5.74) is 2.67. The van der Waals surface area contributed by atoms with E-state index in [1.807, 2.05) is 18.2 Å². The van der Waals surface area contributed by atoms with E-state index in [1.54, 1.807) is 4.90 Å². The van der Waals surface area contributed by atoms with Crippen LogP contribution in [0.3, 0.4) is 0 Å². The second-order valence-electron chi connectivity index (χ2n) is 7.56. The number of rotatable bonds is 13. The van der Waals surface area contributed by atoms with E-state index >= 15 is 0 Å². The number of nitrogens with zero attached hydrogens (tertiary/aromatic N) is 1. The molecule has 2 heterocycles. The van der Waals surface area contributed by atoms with Gasteiger partial charge in [-0.05, 0) is 36.5 Å². The molecule has 1 unspecified atom stereocenters. The third-order valence-electron chi connectivity index (χ3n) is 5.32. The fraction of sp³-hybridized carbons (Fsp3) is 0.591. The maximum atomic E-state index is 12.7. The maximum absolute atomic E-state index is 12.7. The monoisotopic (exact) mass is 434 g/mol. The number of hydrogen-bond acceptors (Lipinski definition) is 7. The van der Waals surface area contributed by atoms with Crippen molar-refractivity contribution in [2.24, 2.45) is 0 Å². The number of benzene rings is 1. The van der Waals surface area contributed by atoms with Crippen LogP contribution in [-0.2, 0) is 36.8 Å². The number of ether oxygens (including phenoxy) is 3. The summed E-state index contributed by atoms with van der Waals surface area (Å²) in [6, 6.07) is 5.21. The van der Waals surface area contributed by atoms with Gasteiger partial charge in [0.25, 0.3) is 5.91 Å². The van der Waals surface area contributed by atoms with Crippen LogP contribution in [0.4, 0.5) is 0 Å². The molecule has 31 heavy (non-hydrogen) atoms. The molecule has 1 atom stereocenters. The number of nitrogens with one attached hydrogen (secondary N) is 1. The number of fused-ring (bicyclic) bond motifs is 1. The van der Waals surface area contributed by atoms with Crippen LogP contribution in [0.1, 0.15) is 40.7 Å². The standard InChI is InChI=1S/C22H30N2O7/c25-7-9-30-11-13-31-12-10-29-8-1-2-16-3-4-18-17(14-16)15-24(22(18)28)19-5-6-20(26)23-21(19)27/h3-4,14,19,25H,1-2,5-13,15H2,(H,23,26,27). The minimum Gasteiger partial charge on any atom is -0.394 e. The van der Waals surface area contributed by atoms with E-state index in [0.717, 1.165) is 24.0 Å². The van der Waals surface area contributed by atoms with E-state index in [1.165, 1.54) is 0 Å². The molecule has 0 radical (unpaired) electrons. The average molecular weight is 434 g/mol. The van der Waals surface area contributed by atoms with Crippen molar-refractivity contribution in [3.8, 4) is 0 Å². The summed E-state index contributed by atoms with van der Waals surface area (Å²) in [7, 11) is 0. The molecule has 170 valence electrons. The Labute approximate surface area is 181 Å². The zero-order valence-electron chi connectivity index (χ0n) is 17.6. The molecule has 0 saturated carbocycles. The summed E-state index contributed by atoms with van der Waals surface area (Å²) < 4.78 is 16.0. The molecule has 1 fully saturated rings. The average Bonchev–Trinajstić information content (AvgIpc) is 3.07. The summed E-state index contributed by atoms with van der Waals surface area (Å²) in [4.78, 5) is 37.7. The molecule has 9 nitrogen and oxygen atoms in total. The van der Waals surface area contributed by atoms with Crippen molar-refractivity contribution < 1.29 is 33.7 Å². The second-order valence-corrected chi connectivity index (χ2v) is 7.56. The number of amides is 3. The van der Waals surface area contributed by atoms with Crippen molar-refractivity contribution in [3.63, 3.8) is 0 Å². The third kappa shape index (κ3) is 6.57. The predicted molar refractivity (Wildman–Crippen MR) is 110 cm³/mol. The molecule has 3 amide bonds. The van der Waals surface area contributed by atoms with Crippen LogP contribution in [0.5, 0.6) is 0 Å². The van der Waals surface area contributed by atoms with Crippen LogP contribution in [0.25, 0.3) is 0 Å².